The molecule has 1 atom stereocenters. The van der Waals surface area contributed by atoms with E-state index in [1.165, 1.54) is 0 Å². The zero-order chi connectivity index (χ0) is 16.0. The molecule has 4 rings (SSSR count). The van der Waals surface area contributed by atoms with Crippen LogP contribution in [0.25, 0.3) is 21.7 Å². The van der Waals surface area contributed by atoms with Gasteiger partial charge in [-0.1, -0.05) is 12.1 Å². The summed E-state index contributed by atoms with van der Waals surface area (Å²) >= 11 is 0. The van der Waals surface area contributed by atoms with E-state index in [9.17, 15) is 9.59 Å². The number of Topliss-reactive ketones (excluding diaryl/α,β-unsaturated/α-hetero) is 2. The lowest BCUT2D eigenvalue weighted by molar-refractivity contribution is -0.130. The second-order valence-corrected chi connectivity index (χ2v) is 5.96. The number of ketones is 2. The molecule has 4 nitrogen and oxygen atoms in total. The average Bonchev–Trinajstić information content (AvgIpc) is 2.98. The predicted octanol–water partition coefficient (Wildman–Crippen LogP) is 4.00. The Morgan fingerprint density at radius 3 is 2.78 bits per heavy atom. The van der Waals surface area contributed by atoms with Crippen LogP contribution in [0.1, 0.15) is 30.7 Å². The summed E-state index contributed by atoms with van der Waals surface area (Å²) in [5, 5.41) is 2.95. The molecule has 1 aliphatic carbocycles. The highest BCUT2D eigenvalue weighted by atomic mass is 16.5. The standard InChI is InChI=1S/C19H16O4/c1-22-17-4-2-3-14-13(17)7-8-18-19(14)15(10-23-18)12-6-5-11(20)9-16(12)21/h2-4,7-8,10,12H,5-6,9H2,1H3/t12-/m1/s1. The third-order valence-electron chi connectivity index (χ3n) is 4.65. The average molecular weight is 308 g/mol. The van der Waals surface area contributed by atoms with Crippen molar-refractivity contribution in [2.45, 2.75) is 25.2 Å². The maximum atomic E-state index is 12.3. The van der Waals surface area contributed by atoms with Crippen molar-refractivity contribution in [1.82, 2.24) is 0 Å². The van der Waals surface area contributed by atoms with Crippen molar-refractivity contribution in [2.75, 3.05) is 7.11 Å². The van der Waals surface area contributed by atoms with Crippen molar-refractivity contribution in [1.29, 1.82) is 0 Å². The van der Waals surface area contributed by atoms with Gasteiger partial charge in [-0.05, 0) is 30.0 Å². The van der Waals surface area contributed by atoms with E-state index < -0.39 is 0 Å². The molecule has 0 N–H and O–H groups in total. The number of carbonyl (C=O) groups excluding carboxylic acids is 2. The molecule has 1 aliphatic rings. The predicted molar refractivity (Wildman–Crippen MR) is 86.9 cm³/mol. The quantitative estimate of drug-likeness (QED) is 0.671. The SMILES string of the molecule is COc1cccc2c1ccc1occ([C@H]3CCC(=O)CC3=O)c12. The fourth-order valence-corrected chi connectivity index (χ4v) is 3.53. The molecule has 0 amide bonds. The topological polar surface area (TPSA) is 56.5 Å². The van der Waals surface area contributed by atoms with Crippen molar-refractivity contribution in [3.8, 4) is 5.75 Å². The molecule has 0 unspecified atom stereocenters. The Morgan fingerprint density at radius 1 is 1.13 bits per heavy atom. The van der Waals surface area contributed by atoms with E-state index in [1.807, 2.05) is 30.3 Å². The van der Waals surface area contributed by atoms with Gasteiger partial charge in [0.2, 0.25) is 0 Å². The van der Waals surface area contributed by atoms with Gasteiger partial charge in [0.1, 0.15) is 22.9 Å². The van der Waals surface area contributed by atoms with E-state index >= 15 is 0 Å². The molecule has 1 fully saturated rings. The smallest absolute Gasteiger partial charge is 0.147 e. The molecule has 0 aliphatic heterocycles. The number of rotatable bonds is 2. The second-order valence-electron chi connectivity index (χ2n) is 5.96. The van der Waals surface area contributed by atoms with Crippen LogP contribution in [-0.2, 0) is 9.59 Å². The number of benzene rings is 2. The highest BCUT2D eigenvalue weighted by molar-refractivity contribution is 6.12. The van der Waals surface area contributed by atoms with E-state index in [4.69, 9.17) is 9.15 Å². The van der Waals surface area contributed by atoms with E-state index in [-0.39, 0.29) is 23.9 Å². The molecule has 1 heterocycles. The highest BCUT2D eigenvalue weighted by Crippen LogP contribution is 2.39. The van der Waals surface area contributed by atoms with Crippen LogP contribution in [0.5, 0.6) is 5.75 Å². The van der Waals surface area contributed by atoms with Crippen LogP contribution in [0.15, 0.2) is 41.0 Å². The molecule has 1 saturated carbocycles. The van der Waals surface area contributed by atoms with E-state index in [0.717, 1.165) is 33.1 Å². The fourth-order valence-electron chi connectivity index (χ4n) is 3.53. The lowest BCUT2D eigenvalue weighted by atomic mass is 9.81. The first-order valence-electron chi connectivity index (χ1n) is 7.70. The molecular weight excluding hydrogens is 292 g/mol. The van der Waals surface area contributed by atoms with Gasteiger partial charge in [0.05, 0.1) is 19.8 Å². The van der Waals surface area contributed by atoms with Gasteiger partial charge < -0.3 is 9.15 Å². The van der Waals surface area contributed by atoms with Gasteiger partial charge in [-0.15, -0.1) is 0 Å². The van der Waals surface area contributed by atoms with Crippen LogP contribution >= 0.6 is 0 Å². The Morgan fingerprint density at radius 2 is 2.00 bits per heavy atom. The van der Waals surface area contributed by atoms with Gasteiger partial charge in [-0.3, -0.25) is 9.59 Å². The van der Waals surface area contributed by atoms with E-state index in [0.29, 0.717) is 12.8 Å². The lowest BCUT2D eigenvalue weighted by Gasteiger charge is -2.19. The summed E-state index contributed by atoms with van der Waals surface area (Å²) in [6, 6.07) is 9.73. The zero-order valence-corrected chi connectivity index (χ0v) is 12.8. The van der Waals surface area contributed by atoms with Gasteiger partial charge in [-0.2, -0.15) is 0 Å². The Kier molecular flexibility index (Phi) is 3.18. The summed E-state index contributed by atoms with van der Waals surface area (Å²) in [6.45, 7) is 0. The Bertz CT molecular complexity index is 935. The Labute approximate surface area is 133 Å². The molecule has 1 aromatic heterocycles. The summed E-state index contributed by atoms with van der Waals surface area (Å²) in [6.07, 6.45) is 2.72. The summed E-state index contributed by atoms with van der Waals surface area (Å²) < 4.78 is 11.1. The van der Waals surface area contributed by atoms with Gasteiger partial charge in [0.25, 0.3) is 0 Å². The summed E-state index contributed by atoms with van der Waals surface area (Å²) in [5.41, 5.74) is 1.64. The largest absolute Gasteiger partial charge is 0.496 e. The lowest BCUT2D eigenvalue weighted by Crippen LogP contribution is -2.23. The van der Waals surface area contributed by atoms with Crippen LogP contribution in [0.4, 0.5) is 0 Å². The molecule has 0 spiro atoms. The third kappa shape index (κ3) is 2.13. The highest BCUT2D eigenvalue weighted by Gasteiger charge is 2.31. The molecular formula is C19H16O4. The summed E-state index contributed by atoms with van der Waals surface area (Å²) in [4.78, 5) is 23.8. The van der Waals surface area contributed by atoms with Gasteiger partial charge in [0.15, 0.2) is 0 Å². The minimum Gasteiger partial charge on any atom is -0.496 e. The summed E-state index contributed by atoms with van der Waals surface area (Å²) in [5.74, 6) is 0.557. The van der Waals surface area contributed by atoms with Gasteiger partial charge in [-0.25, -0.2) is 0 Å². The minimum absolute atomic E-state index is 0.0103. The Balaban J connectivity index is 1.96. The summed E-state index contributed by atoms with van der Waals surface area (Å²) in [7, 11) is 1.64. The van der Waals surface area contributed by atoms with Crippen molar-refractivity contribution < 1.29 is 18.7 Å². The maximum Gasteiger partial charge on any atom is 0.147 e. The molecule has 2 aromatic carbocycles. The molecule has 23 heavy (non-hydrogen) atoms. The van der Waals surface area contributed by atoms with Crippen LogP contribution in [0, 0.1) is 0 Å². The Hall–Kier alpha value is -2.62. The first-order valence-corrected chi connectivity index (χ1v) is 7.70. The van der Waals surface area contributed by atoms with Crippen molar-refractivity contribution in [3.05, 3.63) is 42.2 Å². The molecule has 0 saturated heterocycles. The zero-order valence-electron chi connectivity index (χ0n) is 12.8. The third-order valence-corrected chi connectivity index (χ3v) is 4.65. The number of hydrogen-bond acceptors (Lipinski definition) is 4. The minimum atomic E-state index is -0.259. The number of furan rings is 1. The van der Waals surface area contributed by atoms with Crippen LogP contribution in [0.3, 0.4) is 0 Å². The van der Waals surface area contributed by atoms with E-state index in [1.54, 1.807) is 13.4 Å². The first-order chi connectivity index (χ1) is 11.2. The second kappa shape index (κ2) is 5.23. The number of fused-ring (bicyclic) bond motifs is 3. The normalized spacial score (nSPS) is 18.7. The van der Waals surface area contributed by atoms with Crippen molar-refractivity contribution in [3.63, 3.8) is 0 Å². The van der Waals surface area contributed by atoms with Crippen LogP contribution in [-0.4, -0.2) is 18.7 Å². The molecule has 0 bridgehead atoms. The van der Waals surface area contributed by atoms with Gasteiger partial charge in [0, 0.05) is 28.7 Å². The number of methoxy groups -OCH3 is 1. The molecule has 4 heteroatoms. The fraction of sp³-hybridized carbons (Fsp3) is 0.263. The first kappa shape index (κ1) is 14.0. The number of hydrogen-bond donors (Lipinski definition) is 0. The molecule has 0 radical (unpaired) electrons. The maximum absolute atomic E-state index is 12.3. The van der Waals surface area contributed by atoms with Gasteiger partial charge >= 0.3 is 0 Å². The molecule has 116 valence electrons. The molecule has 3 aromatic rings. The van der Waals surface area contributed by atoms with Crippen LogP contribution in [0.2, 0.25) is 0 Å². The van der Waals surface area contributed by atoms with Crippen molar-refractivity contribution >= 4 is 33.3 Å². The number of carbonyl (C=O) groups is 2. The van der Waals surface area contributed by atoms with Crippen LogP contribution < -0.4 is 4.74 Å². The van der Waals surface area contributed by atoms with Crippen molar-refractivity contribution in [2.24, 2.45) is 0 Å². The number of ether oxygens (including phenoxy) is 1. The monoisotopic (exact) mass is 308 g/mol. The van der Waals surface area contributed by atoms with E-state index in [2.05, 4.69) is 0 Å².